The fourth-order valence-corrected chi connectivity index (χ4v) is 1.71. The number of rotatable bonds is 4. The van der Waals surface area contributed by atoms with Crippen LogP contribution in [-0.4, -0.2) is 24.4 Å². The summed E-state index contributed by atoms with van der Waals surface area (Å²) in [5, 5.41) is 20.1. The molecule has 1 aromatic carbocycles. The first-order valence-electron chi connectivity index (χ1n) is 5.34. The Kier molecular flexibility index (Phi) is 4.26. The highest BCUT2D eigenvalue weighted by molar-refractivity contribution is 5.66. The van der Waals surface area contributed by atoms with E-state index in [4.69, 9.17) is 9.47 Å². The molecule has 4 heteroatoms. The third-order valence-corrected chi connectivity index (χ3v) is 2.70. The summed E-state index contributed by atoms with van der Waals surface area (Å²) >= 11 is 0. The summed E-state index contributed by atoms with van der Waals surface area (Å²) in [6.07, 6.45) is 4.31. The van der Waals surface area contributed by atoms with E-state index >= 15 is 0 Å². The van der Waals surface area contributed by atoms with Gasteiger partial charge in [0.2, 0.25) is 11.5 Å². The van der Waals surface area contributed by atoms with Gasteiger partial charge in [0.15, 0.2) is 11.5 Å². The smallest absolute Gasteiger partial charge is 0.207 e. The van der Waals surface area contributed by atoms with Crippen LogP contribution in [0.1, 0.15) is 18.1 Å². The van der Waals surface area contributed by atoms with Crippen molar-refractivity contribution in [3.8, 4) is 23.0 Å². The predicted octanol–water partition coefficient (Wildman–Crippen LogP) is 2.54. The molecule has 0 radical (unpaired) electrons. The maximum Gasteiger partial charge on any atom is 0.207 e. The number of allylic oxidation sites excluding steroid dienone is 2. The number of aromatic hydroxyl groups is 2. The average molecular weight is 238 g/mol. The number of hydrogen-bond acceptors (Lipinski definition) is 4. The second kappa shape index (κ2) is 5.48. The molecule has 0 saturated heterocycles. The van der Waals surface area contributed by atoms with E-state index in [1.54, 1.807) is 6.92 Å². The van der Waals surface area contributed by atoms with Gasteiger partial charge in [-0.25, -0.2) is 0 Å². The van der Waals surface area contributed by atoms with Gasteiger partial charge in [0.25, 0.3) is 0 Å². The largest absolute Gasteiger partial charge is 0.504 e. The van der Waals surface area contributed by atoms with E-state index < -0.39 is 0 Å². The van der Waals surface area contributed by atoms with Gasteiger partial charge in [-0.2, -0.15) is 0 Å². The van der Waals surface area contributed by atoms with Crippen LogP contribution in [0, 0.1) is 6.92 Å². The normalized spacial score (nSPS) is 10.8. The van der Waals surface area contributed by atoms with Gasteiger partial charge >= 0.3 is 0 Å². The standard InChI is InChI=1S/C13H18O4/c1-5-6-7-9-8(2)10(14)12(16-3)13(17-4)11(9)15/h5-6,14-15H,7H2,1-4H3/b6-5+. The summed E-state index contributed by atoms with van der Waals surface area (Å²) in [7, 11) is 2.84. The Morgan fingerprint density at radius 3 is 2.06 bits per heavy atom. The number of ether oxygens (including phenoxy) is 2. The zero-order chi connectivity index (χ0) is 13.0. The van der Waals surface area contributed by atoms with Gasteiger partial charge in [0, 0.05) is 11.1 Å². The molecule has 2 N–H and O–H groups in total. The second-order valence-electron chi connectivity index (χ2n) is 3.64. The molecule has 0 heterocycles. The fraction of sp³-hybridized carbons (Fsp3) is 0.385. The highest BCUT2D eigenvalue weighted by Gasteiger charge is 2.22. The van der Waals surface area contributed by atoms with E-state index in [9.17, 15) is 10.2 Å². The molecule has 0 amide bonds. The third-order valence-electron chi connectivity index (χ3n) is 2.70. The minimum Gasteiger partial charge on any atom is -0.504 e. The summed E-state index contributed by atoms with van der Waals surface area (Å²) in [5.41, 5.74) is 1.23. The van der Waals surface area contributed by atoms with E-state index in [1.165, 1.54) is 14.2 Å². The number of phenolic OH excluding ortho intramolecular Hbond substituents is 2. The van der Waals surface area contributed by atoms with Gasteiger partial charge in [0.1, 0.15) is 0 Å². The van der Waals surface area contributed by atoms with Crippen molar-refractivity contribution in [2.24, 2.45) is 0 Å². The van der Waals surface area contributed by atoms with Crippen LogP contribution < -0.4 is 9.47 Å². The van der Waals surface area contributed by atoms with Crippen LogP contribution in [0.15, 0.2) is 12.2 Å². The van der Waals surface area contributed by atoms with Crippen molar-refractivity contribution in [1.29, 1.82) is 0 Å². The van der Waals surface area contributed by atoms with Gasteiger partial charge in [-0.05, 0) is 20.3 Å². The molecule has 0 spiro atoms. The van der Waals surface area contributed by atoms with Crippen molar-refractivity contribution in [2.45, 2.75) is 20.3 Å². The summed E-state index contributed by atoms with van der Waals surface area (Å²) in [4.78, 5) is 0. The van der Waals surface area contributed by atoms with E-state index in [-0.39, 0.29) is 23.0 Å². The summed E-state index contributed by atoms with van der Waals surface area (Å²) in [6.45, 7) is 3.63. The molecule has 0 saturated carbocycles. The van der Waals surface area contributed by atoms with Crippen LogP contribution in [-0.2, 0) is 6.42 Å². The molecule has 17 heavy (non-hydrogen) atoms. The van der Waals surface area contributed by atoms with Crippen molar-refractivity contribution in [3.05, 3.63) is 23.3 Å². The zero-order valence-corrected chi connectivity index (χ0v) is 10.6. The van der Waals surface area contributed by atoms with E-state index in [1.807, 2.05) is 19.1 Å². The van der Waals surface area contributed by atoms with Crippen LogP contribution in [0.25, 0.3) is 0 Å². The lowest BCUT2D eigenvalue weighted by atomic mass is 10.0. The van der Waals surface area contributed by atoms with Gasteiger partial charge in [-0.1, -0.05) is 12.2 Å². The monoisotopic (exact) mass is 238 g/mol. The molecule has 94 valence electrons. The lowest BCUT2D eigenvalue weighted by Gasteiger charge is -2.16. The van der Waals surface area contributed by atoms with Crippen molar-refractivity contribution < 1.29 is 19.7 Å². The lowest BCUT2D eigenvalue weighted by molar-refractivity contribution is 0.314. The van der Waals surface area contributed by atoms with Crippen molar-refractivity contribution in [3.63, 3.8) is 0 Å². The minimum absolute atomic E-state index is 0.00153. The molecular formula is C13H18O4. The molecule has 1 rings (SSSR count). The predicted molar refractivity (Wildman–Crippen MR) is 66.1 cm³/mol. The molecule has 0 aliphatic rings. The summed E-state index contributed by atoms with van der Waals surface area (Å²) in [5.74, 6) is 0.334. The quantitative estimate of drug-likeness (QED) is 0.625. The van der Waals surface area contributed by atoms with Crippen molar-refractivity contribution >= 4 is 0 Å². The molecule has 0 aromatic heterocycles. The van der Waals surface area contributed by atoms with Gasteiger partial charge in [-0.15, -0.1) is 0 Å². The highest BCUT2D eigenvalue weighted by Crippen LogP contribution is 2.48. The number of hydrogen-bond donors (Lipinski definition) is 2. The topological polar surface area (TPSA) is 58.9 Å². The number of methoxy groups -OCH3 is 2. The first-order chi connectivity index (χ1) is 8.08. The summed E-state index contributed by atoms with van der Waals surface area (Å²) in [6, 6.07) is 0. The molecule has 0 bridgehead atoms. The van der Waals surface area contributed by atoms with Crippen LogP contribution >= 0.6 is 0 Å². The molecule has 0 unspecified atom stereocenters. The first kappa shape index (κ1) is 13.2. The maximum atomic E-state index is 10.1. The fourth-order valence-electron chi connectivity index (χ4n) is 1.71. The maximum absolute atomic E-state index is 10.1. The van der Waals surface area contributed by atoms with Gasteiger partial charge in [0.05, 0.1) is 14.2 Å². The average Bonchev–Trinajstić information content (AvgIpc) is 2.33. The van der Waals surface area contributed by atoms with Gasteiger partial charge < -0.3 is 19.7 Å². The molecule has 0 atom stereocenters. The van der Waals surface area contributed by atoms with E-state index in [0.29, 0.717) is 17.5 Å². The Balaban J connectivity index is 3.46. The third kappa shape index (κ3) is 2.30. The molecule has 4 nitrogen and oxygen atoms in total. The highest BCUT2D eigenvalue weighted by atomic mass is 16.5. The van der Waals surface area contributed by atoms with Gasteiger partial charge in [-0.3, -0.25) is 0 Å². The Hall–Kier alpha value is -1.84. The van der Waals surface area contributed by atoms with Crippen molar-refractivity contribution in [1.82, 2.24) is 0 Å². The summed E-state index contributed by atoms with van der Waals surface area (Å²) < 4.78 is 10.1. The molecule has 1 aromatic rings. The molecule has 0 aliphatic heterocycles. The molecular weight excluding hydrogens is 220 g/mol. The van der Waals surface area contributed by atoms with Crippen LogP contribution in [0.5, 0.6) is 23.0 Å². The zero-order valence-electron chi connectivity index (χ0n) is 10.6. The van der Waals surface area contributed by atoms with Crippen LogP contribution in [0.2, 0.25) is 0 Å². The van der Waals surface area contributed by atoms with E-state index in [0.717, 1.165) is 0 Å². The Bertz CT molecular complexity index is 436. The molecule has 0 aliphatic carbocycles. The Morgan fingerprint density at radius 1 is 1.06 bits per heavy atom. The van der Waals surface area contributed by atoms with Crippen LogP contribution in [0.3, 0.4) is 0 Å². The SMILES string of the molecule is C/C=C/Cc1c(C)c(O)c(OC)c(OC)c1O. The minimum atomic E-state index is 0.00153. The Labute approximate surface area is 101 Å². The van der Waals surface area contributed by atoms with E-state index in [2.05, 4.69) is 0 Å². The lowest BCUT2D eigenvalue weighted by Crippen LogP contribution is -1.98. The number of benzene rings is 1. The molecule has 0 fully saturated rings. The van der Waals surface area contributed by atoms with Crippen molar-refractivity contribution in [2.75, 3.05) is 14.2 Å². The Morgan fingerprint density at radius 2 is 1.59 bits per heavy atom. The first-order valence-corrected chi connectivity index (χ1v) is 5.34. The van der Waals surface area contributed by atoms with Crippen LogP contribution in [0.4, 0.5) is 0 Å². The second-order valence-corrected chi connectivity index (χ2v) is 3.64. The number of phenols is 2.